The van der Waals surface area contributed by atoms with E-state index in [9.17, 15) is 0 Å². The quantitative estimate of drug-likeness (QED) is 0.879. The van der Waals surface area contributed by atoms with Crippen molar-refractivity contribution in [3.63, 3.8) is 0 Å². The van der Waals surface area contributed by atoms with Crippen molar-refractivity contribution in [3.8, 4) is 11.5 Å². The van der Waals surface area contributed by atoms with Gasteiger partial charge in [-0.25, -0.2) is 0 Å². The third-order valence-electron chi connectivity index (χ3n) is 2.76. The fourth-order valence-electron chi connectivity index (χ4n) is 1.84. The van der Waals surface area contributed by atoms with Gasteiger partial charge in [0.05, 0.1) is 7.11 Å². The van der Waals surface area contributed by atoms with Crippen molar-refractivity contribution in [2.24, 2.45) is 0 Å². The molecular formula is C15H17BrN2O2. The van der Waals surface area contributed by atoms with E-state index in [-0.39, 0.29) is 0 Å². The van der Waals surface area contributed by atoms with Crippen LogP contribution < -0.4 is 14.8 Å². The molecule has 0 spiro atoms. The van der Waals surface area contributed by atoms with E-state index in [0.717, 1.165) is 33.6 Å². The molecule has 0 aliphatic heterocycles. The van der Waals surface area contributed by atoms with E-state index >= 15 is 0 Å². The number of ether oxygens (including phenoxy) is 2. The lowest BCUT2D eigenvalue weighted by Crippen LogP contribution is -2.05. The summed E-state index contributed by atoms with van der Waals surface area (Å²) in [5, 5.41) is 3.11. The van der Waals surface area contributed by atoms with Crippen molar-refractivity contribution in [1.29, 1.82) is 0 Å². The SMILES string of the molecule is CNCc1ccc(OCc2cncc(Br)c2)c(OC)c1. The van der Waals surface area contributed by atoms with Gasteiger partial charge in [0, 0.05) is 29.0 Å². The maximum Gasteiger partial charge on any atom is 0.161 e. The summed E-state index contributed by atoms with van der Waals surface area (Å²) < 4.78 is 12.1. The molecule has 1 aromatic carbocycles. The smallest absolute Gasteiger partial charge is 0.161 e. The van der Waals surface area contributed by atoms with Gasteiger partial charge in [0.2, 0.25) is 0 Å². The number of aromatic nitrogens is 1. The fraction of sp³-hybridized carbons (Fsp3) is 0.267. The Kier molecular flexibility index (Phi) is 5.38. The Morgan fingerprint density at radius 2 is 2.00 bits per heavy atom. The molecule has 20 heavy (non-hydrogen) atoms. The second kappa shape index (κ2) is 7.26. The molecule has 1 aromatic heterocycles. The van der Waals surface area contributed by atoms with Gasteiger partial charge in [-0.2, -0.15) is 0 Å². The number of hydrogen-bond acceptors (Lipinski definition) is 4. The Hall–Kier alpha value is -1.59. The van der Waals surface area contributed by atoms with Gasteiger partial charge in [0.1, 0.15) is 6.61 Å². The van der Waals surface area contributed by atoms with Crippen LogP contribution in [0.4, 0.5) is 0 Å². The topological polar surface area (TPSA) is 43.4 Å². The summed E-state index contributed by atoms with van der Waals surface area (Å²) in [5.41, 5.74) is 2.15. The third-order valence-corrected chi connectivity index (χ3v) is 3.20. The lowest BCUT2D eigenvalue weighted by molar-refractivity contribution is 0.284. The fourth-order valence-corrected chi connectivity index (χ4v) is 2.25. The van der Waals surface area contributed by atoms with Crippen LogP contribution in [0.1, 0.15) is 11.1 Å². The Balaban J connectivity index is 2.09. The van der Waals surface area contributed by atoms with Crippen molar-refractivity contribution >= 4 is 15.9 Å². The number of nitrogens with zero attached hydrogens (tertiary/aromatic N) is 1. The minimum absolute atomic E-state index is 0.453. The van der Waals surface area contributed by atoms with E-state index in [4.69, 9.17) is 9.47 Å². The van der Waals surface area contributed by atoms with Gasteiger partial charge >= 0.3 is 0 Å². The zero-order valence-electron chi connectivity index (χ0n) is 11.5. The molecule has 0 atom stereocenters. The average Bonchev–Trinajstić information content (AvgIpc) is 2.46. The summed E-state index contributed by atoms with van der Waals surface area (Å²) in [4.78, 5) is 4.11. The van der Waals surface area contributed by atoms with E-state index in [1.54, 1.807) is 19.5 Å². The third kappa shape index (κ3) is 3.95. The maximum atomic E-state index is 5.80. The predicted octanol–water partition coefficient (Wildman–Crippen LogP) is 3.15. The second-order valence-electron chi connectivity index (χ2n) is 4.32. The summed E-state index contributed by atoms with van der Waals surface area (Å²) in [6.45, 7) is 1.25. The Labute approximate surface area is 127 Å². The minimum atomic E-state index is 0.453. The van der Waals surface area contributed by atoms with Crippen LogP contribution >= 0.6 is 15.9 Å². The summed E-state index contributed by atoms with van der Waals surface area (Å²) in [5.74, 6) is 1.47. The molecule has 0 unspecified atom stereocenters. The van der Waals surface area contributed by atoms with Crippen LogP contribution in [0.3, 0.4) is 0 Å². The van der Waals surface area contributed by atoms with Crippen molar-refractivity contribution in [2.75, 3.05) is 14.2 Å². The zero-order valence-corrected chi connectivity index (χ0v) is 13.1. The maximum absolute atomic E-state index is 5.80. The van der Waals surface area contributed by atoms with Gasteiger partial charge in [-0.05, 0) is 46.7 Å². The Bertz CT molecular complexity index is 576. The van der Waals surface area contributed by atoms with E-state index < -0.39 is 0 Å². The first kappa shape index (κ1) is 14.8. The average molecular weight is 337 g/mol. The first-order valence-electron chi connectivity index (χ1n) is 6.26. The number of nitrogens with one attached hydrogen (secondary N) is 1. The van der Waals surface area contributed by atoms with Crippen LogP contribution in [0.15, 0.2) is 41.1 Å². The largest absolute Gasteiger partial charge is 0.493 e. The van der Waals surface area contributed by atoms with E-state index in [2.05, 4.69) is 26.2 Å². The van der Waals surface area contributed by atoms with Gasteiger partial charge in [-0.15, -0.1) is 0 Å². The van der Waals surface area contributed by atoms with E-state index in [1.165, 1.54) is 0 Å². The number of halogens is 1. The molecule has 0 radical (unpaired) electrons. The van der Waals surface area contributed by atoms with Crippen molar-refractivity contribution in [3.05, 3.63) is 52.3 Å². The summed E-state index contributed by atoms with van der Waals surface area (Å²) in [7, 11) is 3.56. The normalized spacial score (nSPS) is 10.3. The first-order valence-corrected chi connectivity index (χ1v) is 7.06. The summed E-state index contributed by atoms with van der Waals surface area (Å²) in [6.07, 6.45) is 3.53. The molecular weight excluding hydrogens is 320 g/mol. The zero-order chi connectivity index (χ0) is 14.4. The van der Waals surface area contributed by atoms with Crippen molar-refractivity contribution in [1.82, 2.24) is 10.3 Å². The summed E-state index contributed by atoms with van der Waals surface area (Å²) in [6, 6.07) is 7.91. The van der Waals surface area contributed by atoms with Crippen molar-refractivity contribution < 1.29 is 9.47 Å². The molecule has 106 valence electrons. The molecule has 4 nitrogen and oxygen atoms in total. The molecule has 0 amide bonds. The lowest BCUT2D eigenvalue weighted by Gasteiger charge is -2.12. The monoisotopic (exact) mass is 336 g/mol. The molecule has 2 aromatic rings. The molecule has 1 heterocycles. The van der Waals surface area contributed by atoms with E-state index in [1.807, 2.05) is 31.3 Å². The van der Waals surface area contributed by atoms with E-state index in [0.29, 0.717) is 6.61 Å². The number of hydrogen-bond donors (Lipinski definition) is 1. The van der Waals surface area contributed by atoms with Crippen LogP contribution in [0, 0.1) is 0 Å². The number of benzene rings is 1. The number of methoxy groups -OCH3 is 1. The summed E-state index contributed by atoms with van der Waals surface area (Å²) >= 11 is 3.39. The molecule has 0 fully saturated rings. The van der Waals surface area contributed by atoms with Gasteiger partial charge in [-0.3, -0.25) is 4.98 Å². The van der Waals surface area contributed by atoms with Gasteiger partial charge in [-0.1, -0.05) is 6.07 Å². The van der Waals surface area contributed by atoms with Gasteiger partial charge < -0.3 is 14.8 Å². The molecule has 0 saturated carbocycles. The molecule has 0 saturated heterocycles. The Morgan fingerprint density at radius 1 is 1.15 bits per heavy atom. The van der Waals surface area contributed by atoms with Gasteiger partial charge in [0.15, 0.2) is 11.5 Å². The Morgan fingerprint density at radius 3 is 2.70 bits per heavy atom. The number of pyridine rings is 1. The highest BCUT2D eigenvalue weighted by Crippen LogP contribution is 2.28. The minimum Gasteiger partial charge on any atom is -0.493 e. The van der Waals surface area contributed by atoms with Crippen molar-refractivity contribution in [2.45, 2.75) is 13.2 Å². The van der Waals surface area contributed by atoms with Crippen LogP contribution in [0.25, 0.3) is 0 Å². The van der Waals surface area contributed by atoms with Crippen LogP contribution in [-0.4, -0.2) is 19.1 Å². The molecule has 1 N–H and O–H groups in total. The molecule has 2 rings (SSSR count). The highest BCUT2D eigenvalue weighted by molar-refractivity contribution is 9.10. The molecule has 5 heteroatoms. The van der Waals surface area contributed by atoms with Crippen LogP contribution in [-0.2, 0) is 13.2 Å². The standard InChI is InChI=1S/C15H17BrN2O2/c1-17-7-11-3-4-14(15(6-11)19-2)20-10-12-5-13(16)9-18-8-12/h3-6,8-9,17H,7,10H2,1-2H3. The molecule has 0 aliphatic rings. The van der Waals surface area contributed by atoms with Gasteiger partial charge in [0.25, 0.3) is 0 Å². The lowest BCUT2D eigenvalue weighted by atomic mass is 10.2. The predicted molar refractivity (Wildman–Crippen MR) is 82.0 cm³/mol. The first-order chi connectivity index (χ1) is 9.72. The molecule has 0 bridgehead atoms. The highest BCUT2D eigenvalue weighted by atomic mass is 79.9. The van der Waals surface area contributed by atoms with Crippen LogP contribution in [0.2, 0.25) is 0 Å². The highest BCUT2D eigenvalue weighted by Gasteiger charge is 2.06. The van der Waals surface area contributed by atoms with Crippen LogP contribution in [0.5, 0.6) is 11.5 Å². The molecule has 0 aliphatic carbocycles. The number of rotatable bonds is 6. The second-order valence-corrected chi connectivity index (χ2v) is 5.23.